The van der Waals surface area contributed by atoms with E-state index < -0.39 is 0 Å². The summed E-state index contributed by atoms with van der Waals surface area (Å²) in [6.07, 6.45) is 0. The van der Waals surface area contributed by atoms with Gasteiger partial charge in [-0.05, 0) is 13.8 Å². The summed E-state index contributed by atoms with van der Waals surface area (Å²) >= 11 is 0. The molecule has 0 fully saturated rings. The predicted molar refractivity (Wildman–Crippen MR) is 139 cm³/mol. The van der Waals surface area contributed by atoms with E-state index in [9.17, 15) is 0 Å². The lowest BCUT2D eigenvalue weighted by atomic mass is 10.2. The smallest absolute Gasteiger partial charge is 0.0398 e. The molecule has 0 saturated heterocycles. The van der Waals surface area contributed by atoms with E-state index in [4.69, 9.17) is 0 Å². The van der Waals surface area contributed by atoms with Crippen LogP contribution in [0.4, 0.5) is 0 Å². The molecule has 0 nitrogen and oxygen atoms in total. The number of hydrogen-bond acceptors (Lipinski definition) is 0. The van der Waals surface area contributed by atoms with Gasteiger partial charge in [-0.15, -0.1) is 0 Å². The van der Waals surface area contributed by atoms with Gasteiger partial charge in [0.05, 0.1) is 0 Å². The van der Waals surface area contributed by atoms with Gasteiger partial charge in [0.25, 0.3) is 0 Å². The topological polar surface area (TPSA) is 0 Å². The van der Waals surface area contributed by atoms with Crippen LogP contribution in [0.25, 0.3) is 0 Å². The highest BCUT2D eigenvalue weighted by Crippen LogP contribution is 1.92. The minimum atomic E-state index is 0. The fourth-order valence-electron chi connectivity index (χ4n) is 1.07. The maximum atomic E-state index is 2.08. The SMILES string of the molecule is C.C.C.CC.CC.CC.CC.CC.Cc1ccccc1.Cc1ccccc1. The summed E-state index contributed by atoms with van der Waals surface area (Å²) < 4.78 is 0. The minimum Gasteiger partial charge on any atom is -0.0776 e. The second-order valence-corrected chi connectivity index (χ2v) is 3.31. The van der Waals surface area contributed by atoms with E-state index in [-0.39, 0.29) is 22.3 Å². The van der Waals surface area contributed by atoms with Crippen LogP contribution in [0.5, 0.6) is 0 Å². The monoisotopic (exact) mass is 382 g/mol. The molecule has 0 heteroatoms. The molecule has 0 heterocycles. The van der Waals surface area contributed by atoms with Crippen LogP contribution >= 0.6 is 0 Å². The third kappa shape index (κ3) is 59.0. The highest BCUT2D eigenvalue weighted by molar-refractivity contribution is 5.12. The van der Waals surface area contributed by atoms with Crippen LogP contribution in [-0.2, 0) is 0 Å². The Balaban J connectivity index is -0.0000000285. The molecule has 0 aliphatic carbocycles. The Labute approximate surface area is 177 Å². The average Bonchev–Trinajstić information content (AvgIpc) is 2.71. The summed E-state index contributed by atoms with van der Waals surface area (Å²) in [4.78, 5) is 0. The second-order valence-electron chi connectivity index (χ2n) is 3.31. The number of rotatable bonds is 0. The molecule has 0 aromatic heterocycles. The Hall–Kier alpha value is -1.56. The van der Waals surface area contributed by atoms with Crippen molar-refractivity contribution in [3.63, 3.8) is 0 Å². The highest BCUT2D eigenvalue weighted by Gasteiger charge is 1.72. The van der Waals surface area contributed by atoms with Gasteiger partial charge >= 0.3 is 0 Å². The molecule has 166 valence electrons. The molecule has 0 spiro atoms. The summed E-state index contributed by atoms with van der Waals surface area (Å²) in [5, 5.41) is 0. The lowest BCUT2D eigenvalue weighted by molar-refractivity contribution is 1.48. The maximum Gasteiger partial charge on any atom is -0.0398 e. The van der Waals surface area contributed by atoms with Crippen molar-refractivity contribution in [3.8, 4) is 0 Å². The molecule has 0 saturated carbocycles. The van der Waals surface area contributed by atoms with Crippen molar-refractivity contribution in [3.05, 3.63) is 71.8 Å². The molecule has 0 N–H and O–H groups in total. The van der Waals surface area contributed by atoms with E-state index >= 15 is 0 Å². The van der Waals surface area contributed by atoms with E-state index in [1.54, 1.807) is 0 Å². The summed E-state index contributed by atoms with van der Waals surface area (Å²) in [6, 6.07) is 20.5. The maximum absolute atomic E-state index is 2.08. The van der Waals surface area contributed by atoms with Crippen LogP contribution in [0.2, 0.25) is 0 Å². The fourth-order valence-corrected chi connectivity index (χ4v) is 1.07. The van der Waals surface area contributed by atoms with Gasteiger partial charge < -0.3 is 0 Å². The first-order chi connectivity index (χ1) is 11.8. The third-order valence-corrected chi connectivity index (χ3v) is 1.88. The van der Waals surface area contributed by atoms with E-state index in [1.165, 1.54) is 11.1 Å². The Morgan fingerprint density at radius 2 is 0.481 bits per heavy atom. The number of aryl methyl sites for hydroxylation is 2. The largest absolute Gasteiger partial charge is 0.0776 e. The van der Waals surface area contributed by atoms with E-state index in [0.717, 1.165) is 0 Å². The van der Waals surface area contributed by atoms with Crippen LogP contribution in [0.3, 0.4) is 0 Å². The number of benzene rings is 2. The van der Waals surface area contributed by atoms with Crippen molar-refractivity contribution in [2.24, 2.45) is 0 Å². The Morgan fingerprint density at radius 3 is 0.556 bits per heavy atom. The van der Waals surface area contributed by atoms with Crippen molar-refractivity contribution >= 4 is 0 Å². The zero-order valence-electron chi connectivity index (χ0n) is 18.8. The van der Waals surface area contributed by atoms with Gasteiger partial charge in [-0.3, -0.25) is 0 Å². The van der Waals surface area contributed by atoms with E-state index in [1.807, 2.05) is 106 Å². The minimum absolute atomic E-state index is 0. The van der Waals surface area contributed by atoms with Gasteiger partial charge in [0.15, 0.2) is 0 Å². The summed E-state index contributed by atoms with van der Waals surface area (Å²) in [7, 11) is 0. The normalized spacial score (nSPS) is 5.63. The van der Waals surface area contributed by atoms with Gasteiger partial charge in [0.1, 0.15) is 0 Å². The first-order valence-electron chi connectivity index (χ1n) is 9.82. The standard InChI is InChI=1S/2C7H8.5C2H6.3CH4/c2*1-7-5-3-2-4-6-7;5*1-2;;;/h2*2-6H,1H3;5*1-2H3;3*1H4. The molecule has 0 atom stereocenters. The van der Waals surface area contributed by atoms with Gasteiger partial charge in [0.2, 0.25) is 0 Å². The fraction of sp³-hybridized carbons (Fsp3) is 0.556. The summed E-state index contributed by atoms with van der Waals surface area (Å²) in [5.41, 5.74) is 2.64. The molecule has 0 aliphatic rings. The lowest BCUT2D eigenvalue weighted by Crippen LogP contribution is -1.62. The Bertz CT molecular complexity index is 297. The second kappa shape index (κ2) is 64.4. The molecule has 2 aromatic rings. The first kappa shape index (κ1) is 50.0. The van der Waals surface area contributed by atoms with Gasteiger partial charge in [-0.1, -0.05) is 163 Å². The zero-order valence-corrected chi connectivity index (χ0v) is 18.8. The van der Waals surface area contributed by atoms with Crippen molar-refractivity contribution < 1.29 is 0 Å². The van der Waals surface area contributed by atoms with E-state index in [0.29, 0.717) is 0 Å². The van der Waals surface area contributed by atoms with Crippen LogP contribution in [0.15, 0.2) is 60.7 Å². The quantitative estimate of drug-likeness (QED) is 0.425. The molecule has 2 aromatic carbocycles. The van der Waals surface area contributed by atoms with Gasteiger partial charge in [-0.2, -0.15) is 0 Å². The highest BCUT2D eigenvalue weighted by atomic mass is 13.8. The summed E-state index contributed by atoms with van der Waals surface area (Å²) in [5.74, 6) is 0. The average molecular weight is 383 g/mol. The number of hydrogen-bond donors (Lipinski definition) is 0. The molecule has 0 aliphatic heterocycles. The Kier molecular flexibility index (Phi) is 119. The molecule has 2 rings (SSSR count). The van der Waals surface area contributed by atoms with Crippen molar-refractivity contribution in [2.45, 2.75) is 105 Å². The third-order valence-electron chi connectivity index (χ3n) is 1.88. The molecule has 0 amide bonds. The van der Waals surface area contributed by atoms with Gasteiger partial charge in [0, 0.05) is 0 Å². The van der Waals surface area contributed by atoms with Crippen LogP contribution in [0, 0.1) is 13.8 Å². The van der Waals surface area contributed by atoms with Gasteiger partial charge in [-0.25, -0.2) is 0 Å². The lowest BCUT2D eigenvalue weighted by Gasteiger charge is -1.82. The predicted octanol–water partition coefficient (Wildman–Crippen LogP) is 11.0. The van der Waals surface area contributed by atoms with Crippen molar-refractivity contribution in [1.82, 2.24) is 0 Å². The van der Waals surface area contributed by atoms with Crippen LogP contribution in [0.1, 0.15) is 103 Å². The molecule has 27 heavy (non-hydrogen) atoms. The molecular weight excluding hydrogens is 324 g/mol. The molecule has 0 bridgehead atoms. The van der Waals surface area contributed by atoms with Crippen LogP contribution in [-0.4, -0.2) is 0 Å². The Morgan fingerprint density at radius 1 is 0.333 bits per heavy atom. The molecular formula is C27H58. The van der Waals surface area contributed by atoms with Crippen molar-refractivity contribution in [2.75, 3.05) is 0 Å². The zero-order chi connectivity index (χ0) is 20.2. The molecule has 0 radical (unpaired) electrons. The summed E-state index contributed by atoms with van der Waals surface area (Å²) in [6.45, 7) is 24.2. The van der Waals surface area contributed by atoms with Crippen molar-refractivity contribution in [1.29, 1.82) is 0 Å². The first-order valence-corrected chi connectivity index (χ1v) is 9.82. The van der Waals surface area contributed by atoms with Crippen LogP contribution < -0.4 is 0 Å². The van der Waals surface area contributed by atoms with E-state index in [2.05, 4.69) is 38.1 Å². The molecule has 0 unspecified atom stereocenters.